The van der Waals surface area contributed by atoms with Gasteiger partial charge in [-0.3, -0.25) is 14.5 Å². The van der Waals surface area contributed by atoms with Gasteiger partial charge in [0, 0.05) is 12.5 Å². The molecule has 1 aliphatic rings. The Kier molecular flexibility index (Phi) is 3.24. The maximum absolute atomic E-state index is 11.6. The number of likely N-dealkylation sites (tertiary alicyclic amines) is 1. The zero-order chi connectivity index (χ0) is 12.4. The number of benzene rings is 1. The summed E-state index contributed by atoms with van der Waals surface area (Å²) < 4.78 is 0. The molecule has 0 amide bonds. The van der Waals surface area contributed by atoms with Gasteiger partial charge in [0.25, 0.3) is 0 Å². The molecule has 1 fully saturated rings. The molecule has 0 aromatic heterocycles. The highest BCUT2D eigenvalue weighted by molar-refractivity contribution is 5.92. The molecular weight excluding hydrogens is 218 g/mol. The van der Waals surface area contributed by atoms with E-state index in [0.717, 1.165) is 5.56 Å². The van der Waals surface area contributed by atoms with Gasteiger partial charge in [0.2, 0.25) is 0 Å². The Morgan fingerprint density at radius 3 is 2.65 bits per heavy atom. The molecule has 4 nitrogen and oxygen atoms in total. The number of nitrogens with zero attached hydrogens (tertiary/aromatic N) is 1. The van der Waals surface area contributed by atoms with E-state index in [4.69, 9.17) is 5.11 Å². The first-order chi connectivity index (χ1) is 8.09. The standard InChI is InChI=1S/C13H15NO3/c1-9-11(15)8-14(12(9)13(16)17)7-10-5-3-2-4-6-10/h2-6,9,12H,7-8H2,1H3,(H,16,17)/t9-,12-/m0/s1. The molecule has 1 N–H and O–H groups in total. The van der Waals surface area contributed by atoms with Crippen LogP contribution in [0.15, 0.2) is 30.3 Å². The van der Waals surface area contributed by atoms with Crippen LogP contribution in [0.4, 0.5) is 0 Å². The van der Waals surface area contributed by atoms with Crippen LogP contribution in [0.25, 0.3) is 0 Å². The predicted octanol–water partition coefficient (Wildman–Crippen LogP) is 1.16. The van der Waals surface area contributed by atoms with Gasteiger partial charge in [-0.25, -0.2) is 0 Å². The second-order valence-electron chi connectivity index (χ2n) is 4.43. The average molecular weight is 233 g/mol. The van der Waals surface area contributed by atoms with Gasteiger partial charge < -0.3 is 5.11 Å². The smallest absolute Gasteiger partial charge is 0.321 e. The molecule has 2 atom stereocenters. The summed E-state index contributed by atoms with van der Waals surface area (Å²) in [6, 6.07) is 8.91. The molecule has 1 aliphatic heterocycles. The van der Waals surface area contributed by atoms with Crippen molar-refractivity contribution in [2.75, 3.05) is 6.54 Å². The third-order valence-corrected chi connectivity index (χ3v) is 3.22. The topological polar surface area (TPSA) is 57.6 Å². The number of ketones is 1. The van der Waals surface area contributed by atoms with E-state index >= 15 is 0 Å². The fourth-order valence-corrected chi connectivity index (χ4v) is 2.28. The van der Waals surface area contributed by atoms with Gasteiger partial charge in [0.1, 0.15) is 6.04 Å². The second kappa shape index (κ2) is 4.67. The largest absolute Gasteiger partial charge is 0.480 e. The molecule has 90 valence electrons. The highest BCUT2D eigenvalue weighted by atomic mass is 16.4. The molecule has 0 radical (unpaired) electrons. The van der Waals surface area contributed by atoms with Crippen molar-refractivity contribution in [3.05, 3.63) is 35.9 Å². The van der Waals surface area contributed by atoms with Gasteiger partial charge in [-0.05, 0) is 5.56 Å². The SMILES string of the molecule is C[C@H]1C(=O)CN(Cc2ccccc2)[C@@H]1C(=O)O. The van der Waals surface area contributed by atoms with E-state index in [1.165, 1.54) is 0 Å². The summed E-state index contributed by atoms with van der Waals surface area (Å²) in [7, 11) is 0. The zero-order valence-electron chi connectivity index (χ0n) is 9.67. The Morgan fingerprint density at radius 2 is 2.06 bits per heavy atom. The highest BCUT2D eigenvalue weighted by Crippen LogP contribution is 2.23. The molecule has 0 saturated carbocycles. The van der Waals surface area contributed by atoms with Gasteiger partial charge in [0.05, 0.1) is 6.54 Å². The lowest BCUT2D eigenvalue weighted by molar-refractivity contribution is -0.144. The number of rotatable bonds is 3. The van der Waals surface area contributed by atoms with Crippen molar-refractivity contribution in [1.29, 1.82) is 0 Å². The lowest BCUT2D eigenvalue weighted by Crippen LogP contribution is -2.38. The molecular formula is C13H15NO3. The minimum Gasteiger partial charge on any atom is -0.480 e. The van der Waals surface area contributed by atoms with E-state index < -0.39 is 17.9 Å². The minimum absolute atomic E-state index is 0.00771. The molecule has 4 heteroatoms. The van der Waals surface area contributed by atoms with Crippen molar-refractivity contribution in [3.8, 4) is 0 Å². The van der Waals surface area contributed by atoms with Gasteiger partial charge >= 0.3 is 5.97 Å². The number of hydrogen-bond acceptors (Lipinski definition) is 3. The fourth-order valence-electron chi connectivity index (χ4n) is 2.28. The summed E-state index contributed by atoms with van der Waals surface area (Å²) in [5.74, 6) is -1.33. The van der Waals surface area contributed by atoms with Crippen LogP contribution in [0.3, 0.4) is 0 Å². The molecule has 0 unspecified atom stereocenters. The number of Topliss-reactive ketones (excluding diaryl/α,β-unsaturated/α-hetero) is 1. The summed E-state index contributed by atoms with van der Waals surface area (Å²) in [4.78, 5) is 24.5. The van der Waals surface area contributed by atoms with E-state index in [-0.39, 0.29) is 12.3 Å². The summed E-state index contributed by atoms with van der Waals surface area (Å²) in [6.45, 7) is 2.42. The second-order valence-corrected chi connectivity index (χ2v) is 4.43. The Balaban J connectivity index is 2.15. The van der Waals surface area contributed by atoms with E-state index in [9.17, 15) is 9.59 Å². The molecule has 1 aromatic carbocycles. The lowest BCUT2D eigenvalue weighted by atomic mass is 10.0. The number of hydrogen-bond donors (Lipinski definition) is 1. The third kappa shape index (κ3) is 2.36. The van der Waals surface area contributed by atoms with Crippen molar-refractivity contribution in [2.45, 2.75) is 19.5 Å². The van der Waals surface area contributed by atoms with Crippen molar-refractivity contribution < 1.29 is 14.7 Å². The van der Waals surface area contributed by atoms with E-state index in [1.54, 1.807) is 11.8 Å². The number of carbonyl (C=O) groups excluding carboxylic acids is 1. The monoisotopic (exact) mass is 233 g/mol. The van der Waals surface area contributed by atoms with Crippen LogP contribution in [-0.2, 0) is 16.1 Å². The first kappa shape index (κ1) is 11.8. The quantitative estimate of drug-likeness (QED) is 0.851. The third-order valence-electron chi connectivity index (χ3n) is 3.22. The van der Waals surface area contributed by atoms with Crippen LogP contribution < -0.4 is 0 Å². The molecule has 0 aliphatic carbocycles. The first-order valence-electron chi connectivity index (χ1n) is 5.63. The Labute approximate surface area is 99.9 Å². The van der Waals surface area contributed by atoms with Gasteiger partial charge in [0.15, 0.2) is 5.78 Å². The molecule has 0 spiro atoms. The Bertz CT molecular complexity index is 430. The van der Waals surface area contributed by atoms with Gasteiger partial charge in [-0.2, -0.15) is 0 Å². The molecule has 0 bridgehead atoms. The average Bonchev–Trinajstić information content (AvgIpc) is 2.56. The van der Waals surface area contributed by atoms with Crippen LogP contribution >= 0.6 is 0 Å². The number of carboxylic acid groups (broad SMARTS) is 1. The summed E-state index contributed by atoms with van der Waals surface area (Å²) in [5, 5.41) is 9.16. The molecule has 1 heterocycles. The fraction of sp³-hybridized carbons (Fsp3) is 0.385. The molecule has 1 saturated heterocycles. The van der Waals surface area contributed by atoms with Crippen LogP contribution in [0.5, 0.6) is 0 Å². The van der Waals surface area contributed by atoms with E-state index in [0.29, 0.717) is 6.54 Å². The van der Waals surface area contributed by atoms with Crippen LogP contribution in [0.1, 0.15) is 12.5 Å². The maximum atomic E-state index is 11.6. The Morgan fingerprint density at radius 1 is 1.41 bits per heavy atom. The highest BCUT2D eigenvalue weighted by Gasteiger charge is 2.42. The number of carbonyl (C=O) groups is 2. The number of carboxylic acids is 1. The van der Waals surface area contributed by atoms with Crippen molar-refractivity contribution in [1.82, 2.24) is 4.90 Å². The van der Waals surface area contributed by atoms with Gasteiger partial charge in [-0.15, -0.1) is 0 Å². The van der Waals surface area contributed by atoms with E-state index in [2.05, 4.69) is 0 Å². The van der Waals surface area contributed by atoms with Crippen LogP contribution in [0.2, 0.25) is 0 Å². The number of aliphatic carboxylic acids is 1. The maximum Gasteiger partial charge on any atom is 0.321 e. The normalized spacial score (nSPS) is 25.1. The van der Waals surface area contributed by atoms with Crippen LogP contribution in [-0.4, -0.2) is 34.3 Å². The van der Waals surface area contributed by atoms with E-state index in [1.807, 2.05) is 30.3 Å². The van der Waals surface area contributed by atoms with Crippen LogP contribution in [0, 0.1) is 5.92 Å². The lowest BCUT2D eigenvalue weighted by Gasteiger charge is -2.21. The van der Waals surface area contributed by atoms with Crippen molar-refractivity contribution >= 4 is 11.8 Å². The van der Waals surface area contributed by atoms with Crippen molar-refractivity contribution in [3.63, 3.8) is 0 Å². The van der Waals surface area contributed by atoms with Gasteiger partial charge in [-0.1, -0.05) is 37.3 Å². The predicted molar refractivity (Wildman–Crippen MR) is 62.4 cm³/mol. The molecule has 1 aromatic rings. The molecule has 2 rings (SSSR count). The summed E-state index contributed by atoms with van der Waals surface area (Å²) >= 11 is 0. The summed E-state index contributed by atoms with van der Waals surface area (Å²) in [6.07, 6.45) is 0. The zero-order valence-corrected chi connectivity index (χ0v) is 9.67. The molecule has 17 heavy (non-hydrogen) atoms. The van der Waals surface area contributed by atoms with Crippen molar-refractivity contribution in [2.24, 2.45) is 5.92 Å². The first-order valence-corrected chi connectivity index (χ1v) is 5.63. The Hall–Kier alpha value is -1.68. The minimum atomic E-state index is -0.917. The summed E-state index contributed by atoms with van der Waals surface area (Å²) in [5.41, 5.74) is 1.03.